The smallest absolute Gasteiger partial charge is 0.220 e. The first-order valence-electron chi connectivity index (χ1n) is 6.54. The number of carbonyl (C=O) groups excluding carboxylic acids is 1. The SMILES string of the molecule is CCCCCC.CCOC(C)CC(N)=O.COI. The van der Waals surface area contributed by atoms with E-state index in [-0.39, 0.29) is 12.0 Å². The van der Waals surface area contributed by atoms with Crippen molar-refractivity contribution >= 4 is 28.9 Å². The Labute approximate surface area is 127 Å². The Kier molecular flexibility index (Phi) is 28.8. The highest BCUT2D eigenvalue weighted by Gasteiger charge is 2.03. The van der Waals surface area contributed by atoms with Gasteiger partial charge in [0, 0.05) is 13.7 Å². The van der Waals surface area contributed by atoms with E-state index in [0.29, 0.717) is 13.0 Å². The summed E-state index contributed by atoms with van der Waals surface area (Å²) >= 11 is 1.79. The topological polar surface area (TPSA) is 61.5 Å². The minimum Gasteiger partial charge on any atom is -0.378 e. The highest BCUT2D eigenvalue weighted by molar-refractivity contribution is 14.1. The predicted octanol–water partition coefficient (Wildman–Crippen LogP) is 3.86. The van der Waals surface area contributed by atoms with Gasteiger partial charge in [0.15, 0.2) is 0 Å². The molecule has 112 valence electrons. The first-order chi connectivity index (χ1) is 8.49. The van der Waals surface area contributed by atoms with E-state index in [2.05, 4.69) is 16.9 Å². The van der Waals surface area contributed by atoms with Gasteiger partial charge in [-0.15, -0.1) is 0 Å². The summed E-state index contributed by atoms with van der Waals surface area (Å²) in [5.41, 5.74) is 4.90. The Balaban J connectivity index is -0.000000216. The molecule has 5 heteroatoms. The maximum absolute atomic E-state index is 10.2. The summed E-state index contributed by atoms with van der Waals surface area (Å²) < 4.78 is 9.27. The first-order valence-corrected chi connectivity index (χ1v) is 7.42. The van der Waals surface area contributed by atoms with Crippen molar-refractivity contribution in [2.24, 2.45) is 5.73 Å². The number of unbranched alkanes of at least 4 members (excludes halogenated alkanes) is 3. The van der Waals surface area contributed by atoms with Gasteiger partial charge in [0.2, 0.25) is 5.91 Å². The van der Waals surface area contributed by atoms with Crippen LogP contribution < -0.4 is 5.73 Å². The number of hydrogen-bond donors (Lipinski definition) is 1. The van der Waals surface area contributed by atoms with Crippen LogP contribution in [0.2, 0.25) is 0 Å². The lowest BCUT2D eigenvalue weighted by Crippen LogP contribution is -2.19. The fraction of sp³-hybridized carbons (Fsp3) is 0.923. The highest BCUT2D eigenvalue weighted by atomic mass is 127. The van der Waals surface area contributed by atoms with Gasteiger partial charge in [-0.1, -0.05) is 39.5 Å². The lowest BCUT2D eigenvalue weighted by molar-refractivity contribution is -0.120. The molecule has 0 saturated heterocycles. The number of ether oxygens (including phenoxy) is 1. The summed E-state index contributed by atoms with van der Waals surface area (Å²) in [6, 6.07) is 0. The van der Waals surface area contributed by atoms with Crippen molar-refractivity contribution < 1.29 is 12.6 Å². The van der Waals surface area contributed by atoms with Crippen LogP contribution in [-0.4, -0.2) is 25.7 Å². The molecule has 0 rings (SSSR count). The molecule has 0 spiro atoms. The molecule has 2 N–H and O–H groups in total. The molecule has 0 aliphatic carbocycles. The molecular formula is C13H30INO3. The normalized spacial score (nSPS) is 10.6. The van der Waals surface area contributed by atoms with Gasteiger partial charge < -0.3 is 13.5 Å². The second-order valence-corrected chi connectivity index (χ2v) is 4.68. The van der Waals surface area contributed by atoms with Crippen LogP contribution in [0.5, 0.6) is 0 Å². The van der Waals surface area contributed by atoms with Crippen molar-refractivity contribution in [3.05, 3.63) is 0 Å². The maximum Gasteiger partial charge on any atom is 0.220 e. The van der Waals surface area contributed by atoms with Crippen LogP contribution in [0.3, 0.4) is 0 Å². The first kappa shape index (κ1) is 23.2. The van der Waals surface area contributed by atoms with Crippen LogP contribution in [0.25, 0.3) is 0 Å². The molecule has 0 radical (unpaired) electrons. The second-order valence-electron chi connectivity index (χ2n) is 3.80. The van der Waals surface area contributed by atoms with Gasteiger partial charge in [-0.3, -0.25) is 4.79 Å². The molecule has 1 unspecified atom stereocenters. The Bertz CT molecular complexity index is 153. The molecule has 0 bridgehead atoms. The minimum atomic E-state index is -0.309. The van der Waals surface area contributed by atoms with E-state index in [0.717, 1.165) is 0 Å². The summed E-state index contributed by atoms with van der Waals surface area (Å²) in [7, 11) is 1.61. The molecule has 0 aromatic heterocycles. The fourth-order valence-electron chi connectivity index (χ4n) is 1.13. The molecule has 0 aliphatic heterocycles. The Morgan fingerprint density at radius 2 is 1.61 bits per heavy atom. The third-order valence-corrected chi connectivity index (χ3v) is 1.90. The Hall–Kier alpha value is 0.120. The number of halogens is 1. The van der Waals surface area contributed by atoms with Gasteiger partial charge >= 0.3 is 0 Å². The lowest BCUT2D eigenvalue weighted by Gasteiger charge is -2.07. The van der Waals surface area contributed by atoms with E-state index in [9.17, 15) is 4.79 Å². The van der Waals surface area contributed by atoms with E-state index >= 15 is 0 Å². The molecule has 0 aromatic rings. The van der Waals surface area contributed by atoms with Gasteiger partial charge in [-0.05, 0) is 13.8 Å². The number of primary amides is 1. The maximum atomic E-state index is 10.2. The molecular weight excluding hydrogens is 345 g/mol. The van der Waals surface area contributed by atoms with Gasteiger partial charge in [-0.2, -0.15) is 0 Å². The number of carbonyl (C=O) groups is 1. The molecule has 0 fully saturated rings. The monoisotopic (exact) mass is 375 g/mol. The molecule has 0 aromatic carbocycles. The van der Waals surface area contributed by atoms with Crippen LogP contribution in [0.1, 0.15) is 59.8 Å². The van der Waals surface area contributed by atoms with E-state index in [1.54, 1.807) is 30.1 Å². The number of nitrogens with two attached hydrogens (primary N) is 1. The van der Waals surface area contributed by atoms with Gasteiger partial charge in [-0.25, -0.2) is 0 Å². The molecule has 4 nitrogen and oxygen atoms in total. The van der Waals surface area contributed by atoms with E-state index in [1.165, 1.54) is 25.7 Å². The van der Waals surface area contributed by atoms with Crippen LogP contribution in [-0.2, 0) is 12.6 Å². The van der Waals surface area contributed by atoms with Crippen molar-refractivity contribution in [1.29, 1.82) is 0 Å². The van der Waals surface area contributed by atoms with Gasteiger partial charge in [0.25, 0.3) is 0 Å². The Morgan fingerprint density at radius 1 is 1.22 bits per heavy atom. The summed E-state index contributed by atoms with van der Waals surface area (Å²) in [4.78, 5) is 10.2. The summed E-state index contributed by atoms with van der Waals surface area (Å²) in [6.45, 7) is 8.81. The zero-order chi connectivity index (χ0) is 14.8. The molecule has 1 atom stereocenters. The third kappa shape index (κ3) is 36.0. The molecule has 0 heterocycles. The molecule has 1 amide bonds. The summed E-state index contributed by atoms with van der Waals surface area (Å²) in [6.07, 6.45) is 5.82. The zero-order valence-electron chi connectivity index (χ0n) is 12.5. The van der Waals surface area contributed by atoms with E-state index < -0.39 is 0 Å². The van der Waals surface area contributed by atoms with Crippen molar-refractivity contribution in [2.45, 2.75) is 65.9 Å². The van der Waals surface area contributed by atoms with Crippen LogP contribution in [0.15, 0.2) is 0 Å². The second kappa shape index (κ2) is 22.3. The molecule has 18 heavy (non-hydrogen) atoms. The summed E-state index contributed by atoms with van der Waals surface area (Å²) in [5, 5.41) is 0. The van der Waals surface area contributed by atoms with Crippen molar-refractivity contribution in [2.75, 3.05) is 13.7 Å². The number of hydrogen-bond acceptors (Lipinski definition) is 3. The fourth-order valence-corrected chi connectivity index (χ4v) is 1.13. The van der Waals surface area contributed by atoms with Gasteiger partial charge in [0.05, 0.1) is 12.5 Å². The number of rotatable bonds is 7. The van der Waals surface area contributed by atoms with Crippen molar-refractivity contribution in [1.82, 2.24) is 0 Å². The average Bonchev–Trinajstić information content (AvgIpc) is 2.27. The number of amides is 1. The average molecular weight is 375 g/mol. The van der Waals surface area contributed by atoms with Crippen LogP contribution >= 0.6 is 23.0 Å². The Morgan fingerprint density at radius 3 is 1.83 bits per heavy atom. The van der Waals surface area contributed by atoms with Crippen LogP contribution in [0.4, 0.5) is 0 Å². The van der Waals surface area contributed by atoms with Crippen molar-refractivity contribution in [3.8, 4) is 0 Å². The highest BCUT2D eigenvalue weighted by Crippen LogP contribution is 1.95. The predicted molar refractivity (Wildman–Crippen MR) is 85.7 cm³/mol. The standard InChI is InChI=1S/C6H13NO2.C6H14.CH3IO/c1-3-9-5(2)4-6(7)8;1-3-5-6-4-2;1-3-2/h5H,3-4H2,1-2H3,(H2,7,8);3-6H2,1-2H3;1H3. The molecule has 0 aliphatic rings. The lowest BCUT2D eigenvalue weighted by atomic mass is 10.2. The zero-order valence-corrected chi connectivity index (χ0v) is 14.7. The quantitative estimate of drug-likeness (QED) is 0.543. The minimum absolute atomic E-state index is 0.0347. The summed E-state index contributed by atoms with van der Waals surface area (Å²) in [5.74, 6) is -0.309. The third-order valence-electron chi connectivity index (χ3n) is 1.90. The van der Waals surface area contributed by atoms with Crippen molar-refractivity contribution in [3.63, 3.8) is 0 Å². The van der Waals surface area contributed by atoms with E-state index in [4.69, 9.17) is 10.5 Å². The molecule has 0 saturated carbocycles. The largest absolute Gasteiger partial charge is 0.378 e. The van der Waals surface area contributed by atoms with Gasteiger partial charge in [0.1, 0.15) is 23.0 Å². The van der Waals surface area contributed by atoms with E-state index in [1.807, 2.05) is 13.8 Å². The van der Waals surface area contributed by atoms with Crippen LogP contribution in [0, 0.1) is 0 Å².